The minimum absolute atomic E-state index is 0.0465. The molecule has 0 bridgehead atoms. The number of anilines is 1. The fraction of sp³-hybridized carbons (Fsp3) is 0.571. The van der Waals surface area contributed by atoms with Gasteiger partial charge in [0.1, 0.15) is 22.8 Å². The van der Waals surface area contributed by atoms with Crippen LogP contribution in [0.1, 0.15) is 68.4 Å². The Morgan fingerprint density at radius 1 is 1.06 bits per heavy atom. The number of allylic oxidation sites excluding steroid dienone is 1. The van der Waals surface area contributed by atoms with Crippen molar-refractivity contribution in [3.63, 3.8) is 0 Å². The number of nitrogens with two attached hydrogens (primary N) is 1. The topological polar surface area (TPSA) is 220 Å². The number of rotatable bonds is 10. The van der Waals surface area contributed by atoms with Gasteiger partial charge in [-0.3, -0.25) is 24.1 Å². The second-order valence-corrected chi connectivity index (χ2v) is 14.8. The number of hydrogen-bond acceptors (Lipinski definition) is 13. The molecule has 0 aromatic heterocycles. The van der Waals surface area contributed by atoms with Crippen molar-refractivity contribution in [2.45, 2.75) is 71.6 Å². The summed E-state index contributed by atoms with van der Waals surface area (Å²) in [6.07, 6.45) is -0.0473. The second-order valence-electron chi connectivity index (χ2n) is 14.8. The summed E-state index contributed by atoms with van der Waals surface area (Å²) in [5, 5.41) is 46.3. The van der Waals surface area contributed by atoms with E-state index in [1.807, 2.05) is 20.8 Å². The predicted octanol–water partition coefficient (Wildman–Crippen LogP) is 2.47. The Morgan fingerprint density at radius 2 is 1.70 bits per heavy atom. The van der Waals surface area contributed by atoms with E-state index in [1.165, 1.54) is 9.80 Å². The van der Waals surface area contributed by atoms with Gasteiger partial charge >= 0.3 is 12.1 Å². The Morgan fingerprint density at radius 3 is 2.24 bits per heavy atom. The summed E-state index contributed by atoms with van der Waals surface area (Å²) in [6, 6.07) is 0.549. The van der Waals surface area contributed by atoms with Crippen molar-refractivity contribution >= 4 is 35.2 Å². The van der Waals surface area contributed by atoms with Crippen molar-refractivity contribution in [1.82, 2.24) is 9.80 Å². The summed E-state index contributed by atoms with van der Waals surface area (Å²) in [5.41, 5.74) is 2.02. The van der Waals surface area contributed by atoms with Gasteiger partial charge in [-0.2, -0.15) is 0 Å². The largest absolute Gasteiger partial charge is 0.510 e. The number of fused-ring (bicyclic) bond motifs is 3. The van der Waals surface area contributed by atoms with Crippen LogP contribution in [0.2, 0.25) is 0 Å². The van der Waals surface area contributed by atoms with E-state index in [2.05, 4.69) is 0 Å². The summed E-state index contributed by atoms with van der Waals surface area (Å²) in [6.45, 7) is 6.79. The number of esters is 1. The number of hydrogen-bond donors (Lipinski definition) is 5. The van der Waals surface area contributed by atoms with Gasteiger partial charge in [0.05, 0.1) is 18.2 Å². The van der Waals surface area contributed by atoms with Crippen LogP contribution in [0.15, 0.2) is 28.7 Å². The van der Waals surface area contributed by atoms with Crippen LogP contribution >= 0.6 is 0 Å². The Hall–Kier alpha value is -4.63. The lowest BCUT2D eigenvalue weighted by Crippen LogP contribution is -2.63. The predicted molar refractivity (Wildman–Crippen MR) is 180 cm³/mol. The van der Waals surface area contributed by atoms with Crippen molar-refractivity contribution in [3.05, 3.63) is 45.4 Å². The maximum atomic E-state index is 14.4. The fourth-order valence-corrected chi connectivity index (χ4v) is 7.35. The number of carbonyl (C=O) groups excluding carboxylic acids is 5. The Balaban J connectivity index is 1.82. The van der Waals surface area contributed by atoms with E-state index in [0.29, 0.717) is 17.7 Å². The van der Waals surface area contributed by atoms with Crippen LogP contribution in [0.25, 0.3) is 0 Å². The quantitative estimate of drug-likeness (QED) is 0.135. The first kappa shape index (κ1) is 38.2. The number of Topliss-reactive ketones (excluding diaryl/α,β-unsaturated/α-hetero) is 2. The van der Waals surface area contributed by atoms with E-state index in [1.54, 1.807) is 46.1 Å². The molecule has 1 aromatic rings. The van der Waals surface area contributed by atoms with Gasteiger partial charge in [-0.15, -0.1) is 0 Å². The molecule has 0 heterocycles. The zero-order valence-electron chi connectivity index (χ0n) is 29.8. The first-order chi connectivity index (χ1) is 23.2. The smallest absolute Gasteiger partial charge is 0.412 e. The third-order valence-corrected chi connectivity index (χ3v) is 9.40. The van der Waals surface area contributed by atoms with Gasteiger partial charge in [0, 0.05) is 49.8 Å². The summed E-state index contributed by atoms with van der Waals surface area (Å²) in [5.74, 6) is -7.97. The highest BCUT2D eigenvalue weighted by atomic mass is 16.7. The molecule has 0 radical (unpaired) electrons. The number of primary amides is 1. The van der Waals surface area contributed by atoms with E-state index in [9.17, 15) is 44.4 Å². The average molecular weight is 701 g/mol. The Kier molecular flexibility index (Phi) is 10.6. The highest BCUT2D eigenvalue weighted by Gasteiger charge is 2.63. The van der Waals surface area contributed by atoms with Gasteiger partial charge in [-0.1, -0.05) is 27.7 Å². The van der Waals surface area contributed by atoms with Gasteiger partial charge in [0.25, 0.3) is 5.91 Å². The molecule has 4 rings (SSSR count). The first-order valence-corrected chi connectivity index (χ1v) is 16.4. The van der Waals surface area contributed by atoms with Gasteiger partial charge in [-0.25, -0.2) is 4.79 Å². The maximum absolute atomic E-state index is 14.4. The number of aromatic hydroxyl groups is 1. The molecule has 274 valence electrons. The number of carbonyl (C=O) groups is 5. The van der Waals surface area contributed by atoms with E-state index >= 15 is 0 Å². The van der Waals surface area contributed by atoms with Crippen molar-refractivity contribution in [2.75, 3.05) is 46.4 Å². The number of likely N-dealkylation sites (N-methyl/N-ethyl adjacent to an activating group) is 1. The molecule has 3 aliphatic carbocycles. The number of phenolic OH excluding ortho intramolecular Hbond substituents is 1. The molecule has 4 atom stereocenters. The molecule has 0 saturated heterocycles. The molecular weight excluding hydrogens is 652 g/mol. The molecule has 15 heteroatoms. The number of aliphatic hydroxyl groups excluding tert-OH is 2. The summed E-state index contributed by atoms with van der Waals surface area (Å²) in [7, 11) is 6.61. The molecule has 0 unspecified atom stereocenters. The van der Waals surface area contributed by atoms with Crippen LogP contribution in [0.3, 0.4) is 0 Å². The summed E-state index contributed by atoms with van der Waals surface area (Å²) in [4.78, 5) is 69.9. The number of phenols is 1. The van der Waals surface area contributed by atoms with Crippen LogP contribution in [0.5, 0.6) is 5.75 Å². The number of benzene rings is 1. The molecule has 0 fully saturated rings. The molecule has 6 N–H and O–H groups in total. The third kappa shape index (κ3) is 6.75. The van der Waals surface area contributed by atoms with E-state index < -0.39 is 88.1 Å². The van der Waals surface area contributed by atoms with E-state index in [0.717, 1.165) is 0 Å². The molecule has 3 aliphatic rings. The highest BCUT2D eigenvalue weighted by Crippen LogP contribution is 2.53. The van der Waals surface area contributed by atoms with E-state index in [4.69, 9.17) is 15.2 Å². The fourth-order valence-electron chi connectivity index (χ4n) is 7.35. The zero-order valence-corrected chi connectivity index (χ0v) is 29.8. The van der Waals surface area contributed by atoms with Crippen LogP contribution in [0, 0.1) is 17.3 Å². The van der Waals surface area contributed by atoms with Crippen LogP contribution < -0.4 is 10.6 Å². The van der Waals surface area contributed by atoms with Gasteiger partial charge < -0.3 is 45.4 Å². The highest BCUT2D eigenvalue weighted by molar-refractivity contribution is 6.25. The van der Waals surface area contributed by atoms with Crippen molar-refractivity contribution < 1.29 is 53.9 Å². The third-order valence-electron chi connectivity index (χ3n) is 9.40. The van der Waals surface area contributed by atoms with Crippen LogP contribution in [-0.4, -0.2) is 113 Å². The van der Waals surface area contributed by atoms with Crippen molar-refractivity contribution in [2.24, 2.45) is 23.0 Å². The molecule has 0 saturated carbocycles. The standard InChI is InChI=1S/C35H48N4O11/c1-9-10-22(40)49-16-50-33(47)39(15-34(2,3)4)14-18-13-21(37(5)6)19-11-17-12-20-26(38(7)8)29(43)25(32(36)46)31(45)35(20,48)30(44)23(17)28(42)24(19)27(18)41/h13,17,20,26,41,43-44,48H,9-12,14-16H2,1-8H3,(H2,36,46)/t17-,20-,26-,35-/m0/s1. The minimum Gasteiger partial charge on any atom is -0.510 e. The average Bonchev–Trinajstić information content (AvgIpc) is 2.98. The Bertz CT molecular complexity index is 1670. The normalized spacial score (nSPS) is 23.3. The first-order valence-electron chi connectivity index (χ1n) is 16.4. The lowest BCUT2D eigenvalue weighted by molar-refractivity contribution is -0.152. The minimum atomic E-state index is -2.77. The zero-order chi connectivity index (χ0) is 37.6. The van der Waals surface area contributed by atoms with Crippen LogP contribution in [0.4, 0.5) is 10.5 Å². The van der Waals surface area contributed by atoms with Crippen molar-refractivity contribution in [3.8, 4) is 5.75 Å². The van der Waals surface area contributed by atoms with Gasteiger partial charge in [-0.05, 0) is 56.3 Å². The van der Waals surface area contributed by atoms with Crippen molar-refractivity contribution in [1.29, 1.82) is 0 Å². The van der Waals surface area contributed by atoms with Crippen LogP contribution in [-0.2, 0) is 36.8 Å². The lowest BCUT2D eigenvalue weighted by Gasteiger charge is -2.50. The van der Waals surface area contributed by atoms with Gasteiger partial charge in [0.2, 0.25) is 12.6 Å². The summed E-state index contributed by atoms with van der Waals surface area (Å²) >= 11 is 0. The lowest BCUT2D eigenvalue weighted by atomic mass is 9.58. The Labute approximate surface area is 290 Å². The molecule has 2 amide bonds. The molecular formula is C35H48N4O11. The number of ether oxygens (including phenoxy) is 2. The molecule has 50 heavy (non-hydrogen) atoms. The molecule has 15 nitrogen and oxygen atoms in total. The monoisotopic (exact) mass is 700 g/mol. The SMILES string of the molecule is CCCC(=O)OCOC(=O)N(Cc1cc(N(C)C)c2c(c1O)C(=O)C1=C(O)[C@]3(O)C(=O)C(C(N)=O)=C(O)[C@@H](N(C)C)[C@@H]3C[C@@H]1C2)CC(C)(C)C. The maximum Gasteiger partial charge on any atom is 0.412 e. The number of ketones is 2. The molecule has 1 aromatic carbocycles. The number of amides is 2. The summed E-state index contributed by atoms with van der Waals surface area (Å²) < 4.78 is 10.2. The molecule has 0 aliphatic heterocycles. The van der Waals surface area contributed by atoms with Gasteiger partial charge in [0.15, 0.2) is 11.4 Å². The second kappa shape index (κ2) is 13.9. The van der Waals surface area contributed by atoms with E-state index in [-0.39, 0.29) is 49.1 Å². The molecule has 0 spiro atoms. The number of nitrogens with zero attached hydrogens (tertiary/aromatic N) is 3. The number of aliphatic hydroxyl groups is 3.